The summed E-state index contributed by atoms with van der Waals surface area (Å²) in [6.45, 7) is 4.67. The first-order valence-corrected chi connectivity index (χ1v) is 7.03. The largest absolute Gasteiger partial charge is 0.413 e. The lowest BCUT2D eigenvalue weighted by molar-refractivity contribution is 0.0108. The molecule has 0 radical (unpaired) electrons. The molecule has 11 heteroatoms. The number of hydrogen-bond acceptors (Lipinski definition) is 7. The topological polar surface area (TPSA) is 153 Å². The molecule has 0 rings (SSSR count). The van der Waals surface area contributed by atoms with Crippen LogP contribution in [0.4, 0.5) is 0 Å². The smallest absolute Gasteiger partial charge is 0.377 e. The average molecular weight is 295 g/mol. The maximum absolute atomic E-state index is 9.44. The highest BCUT2D eigenvalue weighted by Crippen LogP contribution is 2.10. The van der Waals surface area contributed by atoms with E-state index in [1.165, 1.54) is 0 Å². The monoisotopic (exact) mass is 295 g/mol. The highest BCUT2D eigenvalue weighted by atomic mass is 32.3. The minimum atomic E-state index is -5.12. The Morgan fingerprint density at radius 2 is 1.53 bits per heavy atom. The van der Waals surface area contributed by atoms with Gasteiger partial charge in [0.25, 0.3) is 0 Å². The summed E-state index contributed by atoms with van der Waals surface area (Å²) >= 11 is 0. The molecule has 0 saturated carbocycles. The maximum Gasteiger partial charge on any atom is 0.413 e. The number of rotatable bonds is 5. The highest BCUT2D eigenvalue weighted by molar-refractivity contribution is 7.94. The lowest BCUT2D eigenvalue weighted by Crippen LogP contribution is -2.35. The summed E-state index contributed by atoms with van der Waals surface area (Å²) in [5.41, 5.74) is 5.31. The van der Waals surface area contributed by atoms with E-state index in [9.17, 15) is 16.8 Å². The summed E-state index contributed by atoms with van der Waals surface area (Å²) in [6, 6.07) is 0. The van der Waals surface area contributed by atoms with Crippen molar-refractivity contribution in [1.29, 1.82) is 0 Å². The molecule has 0 spiro atoms. The highest BCUT2D eigenvalue weighted by Gasteiger charge is 2.17. The van der Waals surface area contributed by atoms with E-state index in [0.717, 1.165) is 6.42 Å². The van der Waals surface area contributed by atoms with Gasteiger partial charge in [0.2, 0.25) is 0 Å². The lowest BCUT2D eigenvalue weighted by atomic mass is 10.0. The van der Waals surface area contributed by atoms with E-state index in [0.29, 0.717) is 6.54 Å². The second kappa shape index (κ2) is 7.20. The molecule has 4 N–H and O–H groups in total. The molecule has 0 aliphatic carbocycles. The predicted molar refractivity (Wildman–Crippen MR) is 58.9 cm³/mol. The molecular weight excluding hydrogens is 278 g/mol. The van der Waals surface area contributed by atoms with Crippen LogP contribution in [-0.4, -0.2) is 45.2 Å². The molecule has 0 fully saturated rings. The second-order valence-corrected chi connectivity index (χ2v) is 5.39. The van der Waals surface area contributed by atoms with Crippen molar-refractivity contribution in [3.8, 4) is 0 Å². The number of methoxy groups -OCH3 is 1. The predicted octanol–water partition coefficient (Wildman–Crippen LogP) is -0.631. The molecule has 17 heavy (non-hydrogen) atoms. The Labute approximate surface area is 101 Å². The third kappa shape index (κ3) is 13.6. The first-order valence-electron chi connectivity index (χ1n) is 4.30. The first-order chi connectivity index (χ1) is 7.39. The molecule has 0 heterocycles. The van der Waals surface area contributed by atoms with Crippen molar-refractivity contribution >= 4 is 20.8 Å². The van der Waals surface area contributed by atoms with Gasteiger partial charge in [-0.3, -0.25) is 9.11 Å². The minimum Gasteiger partial charge on any atom is -0.377 e. The number of hydrogen-bond donors (Lipinski definition) is 3. The average Bonchev–Trinajstić information content (AvgIpc) is 2.12. The molecule has 0 aromatic carbocycles. The van der Waals surface area contributed by atoms with Crippen LogP contribution in [-0.2, 0) is 29.2 Å². The van der Waals surface area contributed by atoms with E-state index < -0.39 is 20.8 Å². The van der Waals surface area contributed by atoms with Gasteiger partial charge < -0.3 is 10.5 Å². The summed E-state index contributed by atoms with van der Waals surface area (Å²) in [5.74, 6) is 0. The van der Waals surface area contributed by atoms with E-state index in [4.69, 9.17) is 19.6 Å². The van der Waals surface area contributed by atoms with Gasteiger partial charge in [-0.05, 0) is 13.3 Å². The van der Waals surface area contributed by atoms with E-state index in [2.05, 4.69) is 10.6 Å². The SMILES string of the molecule is CCC(C)(CN)OC.O=S(=O)(O)OS(=O)(=O)O. The zero-order valence-corrected chi connectivity index (χ0v) is 11.3. The third-order valence-electron chi connectivity index (χ3n) is 1.84. The van der Waals surface area contributed by atoms with Crippen molar-refractivity contribution in [2.75, 3.05) is 13.7 Å². The lowest BCUT2D eigenvalue weighted by Gasteiger charge is -2.23. The molecule has 0 saturated heterocycles. The van der Waals surface area contributed by atoms with Crippen LogP contribution < -0.4 is 5.73 Å². The number of ether oxygens (including phenoxy) is 1. The van der Waals surface area contributed by atoms with Crippen molar-refractivity contribution in [2.24, 2.45) is 5.73 Å². The van der Waals surface area contributed by atoms with Crippen molar-refractivity contribution in [2.45, 2.75) is 25.9 Å². The minimum absolute atomic E-state index is 0.0972. The zero-order chi connectivity index (χ0) is 14.3. The fourth-order valence-corrected chi connectivity index (χ4v) is 1.35. The van der Waals surface area contributed by atoms with Crippen LogP contribution in [0.25, 0.3) is 0 Å². The van der Waals surface area contributed by atoms with E-state index in [1.807, 2.05) is 6.92 Å². The molecule has 0 aromatic heterocycles. The summed E-state index contributed by atoms with van der Waals surface area (Å²) in [4.78, 5) is 0. The molecule has 0 aliphatic heterocycles. The fraction of sp³-hybridized carbons (Fsp3) is 1.00. The molecule has 0 aromatic rings. The van der Waals surface area contributed by atoms with Crippen LogP contribution in [0.5, 0.6) is 0 Å². The standard InChI is InChI=1S/C6H15NO.H2O7S2/c1-4-6(2,5-7)8-3;1-8(2,3)7-9(4,5)6/h4-5,7H2,1-3H3;(H,1,2,3)(H,4,5,6). The third-order valence-corrected chi connectivity index (χ3v) is 3.22. The second-order valence-electron chi connectivity index (χ2n) is 3.14. The van der Waals surface area contributed by atoms with E-state index >= 15 is 0 Å². The van der Waals surface area contributed by atoms with Gasteiger partial charge in [0.15, 0.2) is 0 Å². The van der Waals surface area contributed by atoms with E-state index in [1.54, 1.807) is 7.11 Å². The van der Waals surface area contributed by atoms with Crippen LogP contribution in [0.15, 0.2) is 0 Å². The van der Waals surface area contributed by atoms with Crippen LogP contribution in [0.1, 0.15) is 20.3 Å². The normalized spacial score (nSPS) is 15.6. The Morgan fingerprint density at radius 3 is 1.53 bits per heavy atom. The van der Waals surface area contributed by atoms with Gasteiger partial charge in [-0.15, -0.1) is 3.63 Å². The first kappa shape index (κ1) is 19.0. The van der Waals surface area contributed by atoms with Gasteiger partial charge in [-0.2, -0.15) is 16.8 Å². The summed E-state index contributed by atoms with van der Waals surface area (Å²) in [5, 5.41) is 0. The molecule has 9 nitrogen and oxygen atoms in total. The van der Waals surface area contributed by atoms with Gasteiger partial charge in [-0.25, -0.2) is 0 Å². The van der Waals surface area contributed by atoms with E-state index in [-0.39, 0.29) is 5.60 Å². The Morgan fingerprint density at radius 1 is 1.18 bits per heavy atom. The Balaban J connectivity index is 0. The Hall–Kier alpha value is -0.300. The fourth-order valence-electron chi connectivity index (χ4n) is 0.481. The van der Waals surface area contributed by atoms with Crippen LogP contribution in [0.3, 0.4) is 0 Å². The molecule has 1 unspecified atom stereocenters. The van der Waals surface area contributed by atoms with Crippen LogP contribution in [0.2, 0.25) is 0 Å². The number of nitrogens with two attached hydrogens (primary N) is 1. The molecular formula is C6H17NO8S2. The van der Waals surface area contributed by atoms with Crippen LogP contribution in [0, 0.1) is 0 Å². The van der Waals surface area contributed by atoms with Gasteiger partial charge in [-0.1, -0.05) is 6.92 Å². The zero-order valence-electron chi connectivity index (χ0n) is 9.65. The Bertz CT molecular complexity index is 357. The van der Waals surface area contributed by atoms with Gasteiger partial charge in [0.1, 0.15) is 0 Å². The van der Waals surface area contributed by atoms with Crippen molar-refractivity contribution in [1.82, 2.24) is 0 Å². The summed E-state index contributed by atoms with van der Waals surface area (Å²) < 4.78 is 60.7. The maximum atomic E-state index is 9.44. The molecule has 1 atom stereocenters. The van der Waals surface area contributed by atoms with Gasteiger partial charge in [0, 0.05) is 13.7 Å². The quantitative estimate of drug-likeness (QED) is 0.562. The molecule has 106 valence electrons. The van der Waals surface area contributed by atoms with Gasteiger partial charge in [0.05, 0.1) is 5.60 Å². The Kier molecular flexibility index (Phi) is 8.07. The molecule has 0 aliphatic rings. The van der Waals surface area contributed by atoms with Crippen molar-refractivity contribution < 1.29 is 34.3 Å². The van der Waals surface area contributed by atoms with Gasteiger partial charge >= 0.3 is 20.8 Å². The molecule has 0 bridgehead atoms. The molecule has 0 amide bonds. The van der Waals surface area contributed by atoms with Crippen LogP contribution >= 0.6 is 0 Å². The summed E-state index contributed by atoms with van der Waals surface area (Å²) in [6.07, 6.45) is 0.972. The van der Waals surface area contributed by atoms with Crippen molar-refractivity contribution in [3.63, 3.8) is 0 Å². The van der Waals surface area contributed by atoms with Crippen molar-refractivity contribution in [3.05, 3.63) is 0 Å². The summed E-state index contributed by atoms with van der Waals surface area (Å²) in [7, 11) is -8.55.